The van der Waals surface area contributed by atoms with Gasteiger partial charge in [-0.3, -0.25) is 9.69 Å². The predicted octanol–water partition coefficient (Wildman–Crippen LogP) is 2.70. The van der Waals surface area contributed by atoms with Crippen LogP contribution in [0.2, 0.25) is 0 Å². The maximum absolute atomic E-state index is 11.8. The first kappa shape index (κ1) is 16.2. The number of hydrogen-bond donors (Lipinski definition) is 1. The fourth-order valence-corrected chi connectivity index (χ4v) is 3.10. The number of nitrogens with one attached hydrogen (secondary N) is 1. The zero-order valence-electron chi connectivity index (χ0n) is 13.1. The van der Waals surface area contributed by atoms with Crippen LogP contribution in [0, 0.1) is 12.8 Å². The molecule has 1 N–H and O–H groups in total. The highest BCUT2D eigenvalue weighted by molar-refractivity contribution is 7.09. The summed E-state index contributed by atoms with van der Waals surface area (Å²) >= 11 is 1.59. The molecular weight excluding hydrogens is 282 g/mol. The third-order valence-corrected chi connectivity index (χ3v) is 4.85. The Morgan fingerprint density at radius 3 is 2.90 bits per heavy atom. The van der Waals surface area contributed by atoms with E-state index in [4.69, 9.17) is 0 Å². The number of likely N-dealkylation sites (tertiary alicyclic amines) is 1. The van der Waals surface area contributed by atoms with E-state index in [1.807, 2.05) is 12.3 Å². The summed E-state index contributed by atoms with van der Waals surface area (Å²) in [5.74, 6) is 0.797. The van der Waals surface area contributed by atoms with Gasteiger partial charge in [0.1, 0.15) is 0 Å². The van der Waals surface area contributed by atoms with Gasteiger partial charge in [-0.1, -0.05) is 6.92 Å². The molecule has 0 aromatic carbocycles. The quantitative estimate of drug-likeness (QED) is 0.851. The van der Waals surface area contributed by atoms with Crippen LogP contribution in [0.5, 0.6) is 0 Å². The third-order valence-electron chi connectivity index (χ3n) is 4.06. The van der Waals surface area contributed by atoms with Gasteiger partial charge in [0.2, 0.25) is 5.91 Å². The Morgan fingerprint density at radius 2 is 2.29 bits per heavy atom. The smallest absolute Gasteiger partial charge is 0.244 e. The van der Waals surface area contributed by atoms with Gasteiger partial charge in [0.25, 0.3) is 0 Å². The van der Waals surface area contributed by atoms with Crippen LogP contribution in [0.15, 0.2) is 11.5 Å². The Balaban J connectivity index is 1.72. The zero-order chi connectivity index (χ0) is 15.2. The minimum absolute atomic E-state index is 0.0436. The van der Waals surface area contributed by atoms with E-state index < -0.39 is 0 Å². The number of piperidine rings is 1. The average molecular weight is 307 g/mol. The van der Waals surface area contributed by atoms with E-state index in [-0.39, 0.29) is 5.91 Å². The lowest BCUT2D eigenvalue weighted by Crippen LogP contribution is -2.45. The minimum atomic E-state index is -0.0436. The van der Waals surface area contributed by atoms with Gasteiger partial charge in [0.05, 0.1) is 10.7 Å². The average Bonchev–Trinajstić information content (AvgIpc) is 2.89. The molecule has 2 rings (SSSR count). The van der Waals surface area contributed by atoms with E-state index in [2.05, 4.69) is 29.0 Å². The zero-order valence-corrected chi connectivity index (χ0v) is 13.9. The molecule has 0 spiro atoms. The maximum Gasteiger partial charge on any atom is 0.244 e. The molecule has 0 aliphatic carbocycles. The van der Waals surface area contributed by atoms with Gasteiger partial charge in [-0.05, 0) is 51.8 Å². The number of thiazole rings is 1. The fraction of sp³-hybridized carbons (Fsp3) is 0.625. The molecular formula is C16H25N3OS. The summed E-state index contributed by atoms with van der Waals surface area (Å²) in [5, 5.41) is 5.95. The molecule has 1 aliphatic rings. The van der Waals surface area contributed by atoms with Gasteiger partial charge in [-0.15, -0.1) is 11.3 Å². The molecule has 0 radical (unpaired) electrons. The Kier molecular flexibility index (Phi) is 5.94. The number of hydrogen-bond acceptors (Lipinski definition) is 4. The van der Waals surface area contributed by atoms with Crippen molar-refractivity contribution in [1.29, 1.82) is 0 Å². The molecule has 0 saturated carbocycles. The second kappa shape index (κ2) is 7.71. The van der Waals surface area contributed by atoms with Crippen LogP contribution in [0.4, 0.5) is 0 Å². The van der Waals surface area contributed by atoms with Crippen LogP contribution < -0.4 is 5.32 Å². The number of aromatic nitrogens is 1. The molecule has 0 bridgehead atoms. The highest BCUT2D eigenvalue weighted by Crippen LogP contribution is 2.17. The van der Waals surface area contributed by atoms with Gasteiger partial charge in [0, 0.05) is 24.0 Å². The number of amides is 1. The highest BCUT2D eigenvalue weighted by atomic mass is 32.1. The van der Waals surface area contributed by atoms with Crippen LogP contribution in [-0.2, 0) is 4.79 Å². The second-order valence-corrected chi connectivity index (χ2v) is 7.00. The largest absolute Gasteiger partial charge is 0.351 e. The standard InChI is InChI=1S/C16H25N3OS/c1-12-6-8-19(9-7-12)13(2)10-17-16(20)5-4-15-11-21-14(3)18-15/h4-5,11-13H,6-10H2,1-3H3,(H,17,20)/b5-4-/t13-/m0/s1. The number of carbonyl (C=O) groups is 1. The Bertz CT molecular complexity index is 489. The van der Waals surface area contributed by atoms with Crippen molar-refractivity contribution in [1.82, 2.24) is 15.2 Å². The molecule has 1 amide bonds. The minimum Gasteiger partial charge on any atom is -0.351 e. The molecule has 2 heterocycles. The molecule has 1 atom stereocenters. The first-order valence-electron chi connectivity index (χ1n) is 7.66. The number of rotatable bonds is 5. The van der Waals surface area contributed by atoms with E-state index in [9.17, 15) is 4.79 Å². The van der Waals surface area contributed by atoms with E-state index >= 15 is 0 Å². The predicted molar refractivity (Wildman–Crippen MR) is 88.3 cm³/mol. The summed E-state index contributed by atoms with van der Waals surface area (Å²) in [4.78, 5) is 18.6. The molecule has 1 aromatic heterocycles. The van der Waals surface area contributed by atoms with Crippen molar-refractivity contribution < 1.29 is 4.79 Å². The number of carbonyl (C=O) groups excluding carboxylic acids is 1. The van der Waals surface area contributed by atoms with Gasteiger partial charge in [0.15, 0.2) is 0 Å². The van der Waals surface area contributed by atoms with Gasteiger partial charge < -0.3 is 5.32 Å². The molecule has 1 saturated heterocycles. The molecule has 1 fully saturated rings. The summed E-state index contributed by atoms with van der Waals surface area (Å²) in [6.45, 7) is 9.45. The van der Waals surface area contributed by atoms with Crippen molar-refractivity contribution in [2.75, 3.05) is 19.6 Å². The first-order chi connectivity index (χ1) is 10.0. The molecule has 116 valence electrons. The van der Waals surface area contributed by atoms with Crippen molar-refractivity contribution in [3.8, 4) is 0 Å². The lowest BCUT2D eigenvalue weighted by molar-refractivity contribution is -0.116. The van der Waals surface area contributed by atoms with Crippen LogP contribution >= 0.6 is 11.3 Å². The van der Waals surface area contributed by atoms with Crippen molar-refractivity contribution >= 4 is 23.3 Å². The van der Waals surface area contributed by atoms with E-state index in [1.54, 1.807) is 23.5 Å². The van der Waals surface area contributed by atoms with E-state index in [1.165, 1.54) is 12.8 Å². The number of nitrogens with zero attached hydrogens (tertiary/aromatic N) is 2. The summed E-state index contributed by atoms with van der Waals surface area (Å²) < 4.78 is 0. The second-order valence-electron chi connectivity index (χ2n) is 5.94. The maximum atomic E-state index is 11.8. The normalized spacial score (nSPS) is 19.0. The Hall–Kier alpha value is -1.20. The van der Waals surface area contributed by atoms with Crippen molar-refractivity contribution in [3.05, 3.63) is 22.2 Å². The molecule has 0 unspecified atom stereocenters. The van der Waals surface area contributed by atoms with E-state index in [0.717, 1.165) is 29.7 Å². The van der Waals surface area contributed by atoms with Gasteiger partial charge in [-0.25, -0.2) is 4.98 Å². The van der Waals surface area contributed by atoms with Crippen LogP contribution in [0.1, 0.15) is 37.4 Å². The Labute approximate surface area is 131 Å². The Morgan fingerprint density at radius 1 is 1.57 bits per heavy atom. The van der Waals surface area contributed by atoms with Gasteiger partial charge >= 0.3 is 0 Å². The van der Waals surface area contributed by atoms with Crippen LogP contribution in [0.25, 0.3) is 6.08 Å². The van der Waals surface area contributed by atoms with E-state index in [0.29, 0.717) is 12.6 Å². The molecule has 4 nitrogen and oxygen atoms in total. The van der Waals surface area contributed by atoms with Crippen molar-refractivity contribution in [2.24, 2.45) is 5.92 Å². The molecule has 1 aromatic rings. The summed E-state index contributed by atoms with van der Waals surface area (Å²) in [6, 6.07) is 0.399. The van der Waals surface area contributed by atoms with Gasteiger partial charge in [-0.2, -0.15) is 0 Å². The van der Waals surface area contributed by atoms with Crippen molar-refractivity contribution in [2.45, 2.75) is 39.7 Å². The SMILES string of the molecule is Cc1nc(/C=C\C(=O)NC[C@H](C)N2CCC(C)CC2)cs1. The molecule has 1 aliphatic heterocycles. The monoisotopic (exact) mass is 307 g/mol. The number of aryl methyl sites for hydroxylation is 1. The fourth-order valence-electron chi connectivity index (χ4n) is 2.52. The highest BCUT2D eigenvalue weighted by Gasteiger charge is 2.20. The summed E-state index contributed by atoms with van der Waals surface area (Å²) in [7, 11) is 0. The first-order valence-corrected chi connectivity index (χ1v) is 8.54. The van der Waals surface area contributed by atoms with Crippen LogP contribution in [0.3, 0.4) is 0 Å². The molecule has 5 heteroatoms. The summed E-state index contributed by atoms with van der Waals surface area (Å²) in [5.41, 5.74) is 0.853. The molecule has 21 heavy (non-hydrogen) atoms. The van der Waals surface area contributed by atoms with Crippen molar-refractivity contribution in [3.63, 3.8) is 0 Å². The third kappa shape index (κ3) is 5.25. The lowest BCUT2D eigenvalue weighted by atomic mass is 9.98. The lowest BCUT2D eigenvalue weighted by Gasteiger charge is -2.34. The van der Waals surface area contributed by atoms with Crippen LogP contribution in [-0.4, -0.2) is 41.5 Å². The summed E-state index contributed by atoms with van der Waals surface area (Å²) in [6.07, 6.45) is 5.87. The topological polar surface area (TPSA) is 45.2 Å².